The summed E-state index contributed by atoms with van der Waals surface area (Å²) in [6, 6.07) is 3.51. The summed E-state index contributed by atoms with van der Waals surface area (Å²) >= 11 is 0. The van der Waals surface area contributed by atoms with Crippen molar-refractivity contribution >= 4 is 11.5 Å². The zero-order valence-corrected chi connectivity index (χ0v) is 11.4. The van der Waals surface area contributed by atoms with Gasteiger partial charge in [-0.25, -0.2) is 4.98 Å². The van der Waals surface area contributed by atoms with Crippen LogP contribution in [0.25, 0.3) is 0 Å². The lowest BCUT2D eigenvalue weighted by Gasteiger charge is -2.25. The molecule has 1 aromatic heterocycles. The van der Waals surface area contributed by atoms with E-state index in [2.05, 4.69) is 10.3 Å². The highest BCUT2D eigenvalue weighted by molar-refractivity contribution is 5.60. The lowest BCUT2D eigenvalue weighted by Crippen LogP contribution is -2.38. The summed E-state index contributed by atoms with van der Waals surface area (Å²) in [5.74, 6) is 0.338. The summed E-state index contributed by atoms with van der Waals surface area (Å²) in [5.41, 5.74) is 0.0967. The van der Waals surface area contributed by atoms with Crippen LogP contribution in [0.15, 0.2) is 12.3 Å². The number of rotatable bonds is 5. The Kier molecular flexibility index (Phi) is 4.48. The van der Waals surface area contributed by atoms with Crippen LogP contribution in [0.5, 0.6) is 0 Å². The predicted octanol–water partition coefficient (Wildman–Crippen LogP) is 1.44. The minimum absolute atomic E-state index is 0.108. The van der Waals surface area contributed by atoms with Crippen molar-refractivity contribution in [2.45, 2.75) is 25.8 Å². The predicted molar refractivity (Wildman–Crippen MR) is 74.5 cm³/mol. The van der Waals surface area contributed by atoms with Crippen LogP contribution in [0.1, 0.15) is 25.3 Å². The Morgan fingerprint density at radius 1 is 1.70 bits per heavy atom. The maximum atomic E-state index is 11.2. The summed E-state index contributed by atoms with van der Waals surface area (Å²) in [4.78, 5) is 16.7. The molecule has 0 saturated carbocycles. The van der Waals surface area contributed by atoms with Crippen LogP contribution < -0.4 is 10.2 Å². The molecule has 106 valence electrons. The maximum Gasteiger partial charge on any atom is 0.312 e. The van der Waals surface area contributed by atoms with Gasteiger partial charge in [0.15, 0.2) is 0 Å². The Labute approximate surface area is 117 Å². The van der Waals surface area contributed by atoms with E-state index in [1.807, 2.05) is 17.9 Å². The number of nitro groups is 1. The molecule has 0 aliphatic carbocycles. The van der Waals surface area contributed by atoms with Crippen LogP contribution in [0.4, 0.5) is 11.5 Å². The quantitative estimate of drug-likeness (QED) is 0.645. The van der Waals surface area contributed by atoms with E-state index >= 15 is 0 Å². The molecule has 1 atom stereocenters. The molecule has 0 aromatic carbocycles. The van der Waals surface area contributed by atoms with Crippen LogP contribution in [0, 0.1) is 21.4 Å². The van der Waals surface area contributed by atoms with Crippen LogP contribution in [0.3, 0.4) is 0 Å². The van der Waals surface area contributed by atoms with Crippen molar-refractivity contribution in [3.63, 3.8) is 0 Å². The van der Waals surface area contributed by atoms with Crippen LogP contribution >= 0.6 is 0 Å². The molecule has 7 nitrogen and oxygen atoms in total. The molecule has 2 heterocycles. The van der Waals surface area contributed by atoms with Gasteiger partial charge in [-0.05, 0) is 26.3 Å². The van der Waals surface area contributed by atoms with Gasteiger partial charge >= 0.3 is 5.69 Å². The van der Waals surface area contributed by atoms with Crippen molar-refractivity contribution in [2.24, 2.45) is 0 Å². The second kappa shape index (κ2) is 6.30. The summed E-state index contributed by atoms with van der Waals surface area (Å²) in [6.07, 6.45) is 3.58. The maximum absolute atomic E-state index is 11.2. The van der Waals surface area contributed by atoms with Gasteiger partial charge in [-0.1, -0.05) is 0 Å². The van der Waals surface area contributed by atoms with Crippen LogP contribution in [-0.4, -0.2) is 35.6 Å². The molecular weight excluding hydrogens is 258 g/mol. The van der Waals surface area contributed by atoms with E-state index in [0.717, 1.165) is 19.4 Å². The Bertz CT molecular complexity index is 534. The molecule has 1 fully saturated rings. The number of anilines is 1. The molecule has 7 heteroatoms. The van der Waals surface area contributed by atoms with Gasteiger partial charge in [0.2, 0.25) is 5.82 Å². The third-order valence-electron chi connectivity index (χ3n) is 3.46. The summed E-state index contributed by atoms with van der Waals surface area (Å²) in [5, 5.41) is 23.4. The molecule has 1 aromatic rings. The molecule has 0 radical (unpaired) electrons. The van der Waals surface area contributed by atoms with Crippen LogP contribution in [-0.2, 0) is 0 Å². The molecular formula is C13H17N5O2. The first-order valence-electron chi connectivity index (χ1n) is 6.68. The van der Waals surface area contributed by atoms with Crippen molar-refractivity contribution in [1.82, 2.24) is 10.3 Å². The van der Waals surface area contributed by atoms with E-state index < -0.39 is 4.92 Å². The highest BCUT2D eigenvalue weighted by Crippen LogP contribution is 2.27. The van der Waals surface area contributed by atoms with E-state index in [-0.39, 0.29) is 11.3 Å². The van der Waals surface area contributed by atoms with Crippen molar-refractivity contribution in [3.05, 3.63) is 27.9 Å². The van der Waals surface area contributed by atoms with E-state index in [1.54, 1.807) is 0 Å². The molecule has 20 heavy (non-hydrogen) atoms. The fraction of sp³-hybridized carbons (Fsp3) is 0.538. The highest BCUT2D eigenvalue weighted by Gasteiger charge is 2.24. The molecule has 1 aliphatic rings. The second-order valence-corrected chi connectivity index (χ2v) is 4.77. The number of nitriles is 1. The number of hydrogen-bond donors (Lipinski definition) is 1. The topological polar surface area (TPSA) is 95.1 Å². The minimum atomic E-state index is -0.478. The first kappa shape index (κ1) is 14.2. The molecule has 0 spiro atoms. The molecule has 1 N–H and O–H groups in total. The third kappa shape index (κ3) is 3.03. The number of aromatic nitrogens is 1. The number of nitrogens with zero attached hydrogens (tertiary/aromatic N) is 4. The zero-order valence-electron chi connectivity index (χ0n) is 11.4. The highest BCUT2D eigenvalue weighted by atomic mass is 16.6. The zero-order chi connectivity index (χ0) is 14.5. The lowest BCUT2D eigenvalue weighted by atomic mass is 10.2. The Morgan fingerprint density at radius 3 is 3.05 bits per heavy atom. The van der Waals surface area contributed by atoms with Crippen molar-refractivity contribution < 1.29 is 4.92 Å². The van der Waals surface area contributed by atoms with Crippen molar-refractivity contribution in [3.8, 4) is 6.07 Å². The van der Waals surface area contributed by atoms with Gasteiger partial charge in [0.25, 0.3) is 0 Å². The molecule has 1 aliphatic heterocycles. The fourth-order valence-corrected chi connectivity index (χ4v) is 2.43. The van der Waals surface area contributed by atoms with Gasteiger partial charge < -0.3 is 10.2 Å². The van der Waals surface area contributed by atoms with E-state index in [4.69, 9.17) is 5.26 Å². The first-order valence-corrected chi connectivity index (χ1v) is 6.68. The van der Waals surface area contributed by atoms with Gasteiger partial charge in [0.1, 0.15) is 6.07 Å². The molecule has 1 unspecified atom stereocenters. The van der Waals surface area contributed by atoms with Gasteiger partial charge in [0.05, 0.1) is 10.5 Å². The normalized spacial score (nSPS) is 17.7. The fourth-order valence-electron chi connectivity index (χ4n) is 2.43. The number of likely N-dealkylation sites (N-methyl/N-ethyl adjacent to an activating group) is 1. The van der Waals surface area contributed by atoms with Gasteiger partial charge in [-0.3, -0.25) is 10.1 Å². The third-order valence-corrected chi connectivity index (χ3v) is 3.46. The summed E-state index contributed by atoms with van der Waals surface area (Å²) in [7, 11) is 0. The summed E-state index contributed by atoms with van der Waals surface area (Å²) < 4.78 is 0. The standard InChI is InChI=1S/C13H17N5O2/c1-2-17(9-11-4-3-5-15-11)13-12(18(19)20)6-10(7-14)8-16-13/h6,8,11,15H,2-5,9H2,1H3. The van der Waals surface area contributed by atoms with E-state index in [9.17, 15) is 10.1 Å². The largest absolute Gasteiger partial charge is 0.350 e. The van der Waals surface area contributed by atoms with E-state index in [0.29, 0.717) is 24.9 Å². The van der Waals surface area contributed by atoms with Crippen LogP contribution in [0.2, 0.25) is 0 Å². The second-order valence-electron chi connectivity index (χ2n) is 4.77. The average molecular weight is 275 g/mol. The summed E-state index contributed by atoms with van der Waals surface area (Å²) in [6.45, 7) is 4.26. The molecule has 0 amide bonds. The molecule has 1 saturated heterocycles. The van der Waals surface area contributed by atoms with E-state index in [1.165, 1.54) is 12.3 Å². The minimum Gasteiger partial charge on any atom is -0.350 e. The lowest BCUT2D eigenvalue weighted by molar-refractivity contribution is -0.384. The number of nitrogens with one attached hydrogen (secondary N) is 1. The number of pyridine rings is 1. The van der Waals surface area contributed by atoms with Crippen molar-refractivity contribution in [2.75, 3.05) is 24.5 Å². The Morgan fingerprint density at radius 2 is 2.50 bits per heavy atom. The van der Waals surface area contributed by atoms with Gasteiger partial charge in [-0.2, -0.15) is 5.26 Å². The Balaban J connectivity index is 2.28. The SMILES string of the molecule is CCN(CC1CCCN1)c1ncc(C#N)cc1[N+](=O)[O-]. The Hall–Kier alpha value is -2.20. The smallest absolute Gasteiger partial charge is 0.312 e. The van der Waals surface area contributed by atoms with Gasteiger partial charge in [0, 0.05) is 31.4 Å². The molecule has 0 bridgehead atoms. The monoisotopic (exact) mass is 275 g/mol. The number of hydrogen-bond acceptors (Lipinski definition) is 6. The van der Waals surface area contributed by atoms with Crippen molar-refractivity contribution in [1.29, 1.82) is 5.26 Å². The average Bonchev–Trinajstić information content (AvgIpc) is 2.97. The first-order chi connectivity index (χ1) is 9.65. The van der Waals surface area contributed by atoms with Gasteiger partial charge in [-0.15, -0.1) is 0 Å². The molecule has 2 rings (SSSR count).